The Kier molecular flexibility index (Phi) is 2.49. The van der Waals surface area contributed by atoms with Crippen LogP contribution in [0.25, 0.3) is 0 Å². The van der Waals surface area contributed by atoms with Crippen molar-refractivity contribution in [1.82, 2.24) is 9.97 Å². The van der Waals surface area contributed by atoms with Crippen LogP contribution in [0.5, 0.6) is 0 Å². The number of nitrogens with one attached hydrogen (secondary N) is 1. The zero-order chi connectivity index (χ0) is 9.35. The first-order valence-electron chi connectivity index (χ1n) is 2.83. The Hall–Kier alpha value is -0.480. The summed E-state index contributed by atoms with van der Waals surface area (Å²) in [5, 5.41) is 0. The van der Waals surface area contributed by atoms with Gasteiger partial charge in [-0.05, 0) is 18.3 Å². The van der Waals surface area contributed by atoms with Gasteiger partial charge in [-0.3, -0.25) is 0 Å². The van der Waals surface area contributed by atoms with E-state index in [9.17, 15) is 13.2 Å². The number of hydrogen-bond donors (Lipinski definition) is 1. The maximum absolute atomic E-state index is 12.0. The van der Waals surface area contributed by atoms with Crippen LogP contribution < -0.4 is 5.44 Å². The third-order valence-corrected chi connectivity index (χ3v) is 1.56. The highest BCUT2D eigenvalue weighted by Crippen LogP contribution is 2.26. The normalized spacial score (nSPS) is 11.7. The molecule has 1 N–H and O–H groups in total. The first kappa shape index (κ1) is 9.61. The molecule has 66 valence electrons. The van der Waals surface area contributed by atoms with E-state index < -0.39 is 11.9 Å². The molecule has 0 aromatic carbocycles. The molecule has 0 amide bonds. The molecule has 12 heavy (non-hydrogen) atoms. The second-order valence-electron chi connectivity index (χ2n) is 2.02. The van der Waals surface area contributed by atoms with Crippen LogP contribution in [0.4, 0.5) is 13.2 Å². The van der Waals surface area contributed by atoms with Crippen molar-refractivity contribution in [3.8, 4) is 0 Å². The molecule has 1 rings (SSSR count). The Balaban J connectivity index is 3.27. The number of aromatic amines is 1. The van der Waals surface area contributed by atoms with E-state index in [1.54, 1.807) is 0 Å². The Labute approximate surface area is 73.4 Å². The summed E-state index contributed by atoms with van der Waals surface area (Å²) >= 11 is 4.48. The zero-order valence-electron chi connectivity index (χ0n) is 5.64. The average Bonchev–Trinajstić information content (AvgIpc) is 1.82. The predicted octanol–water partition coefficient (Wildman–Crippen LogP) is 1.66. The van der Waals surface area contributed by atoms with Crippen LogP contribution in [0.3, 0.4) is 0 Å². The summed E-state index contributed by atoms with van der Waals surface area (Å²) in [6, 6.07) is 0.875. The molecule has 1 unspecified atom stereocenters. The van der Waals surface area contributed by atoms with Gasteiger partial charge in [0.1, 0.15) is 5.69 Å². The first-order valence-corrected chi connectivity index (χ1v) is 3.82. The molecule has 0 radical (unpaired) electrons. The van der Waals surface area contributed by atoms with Gasteiger partial charge in [0.2, 0.25) is 0 Å². The smallest absolute Gasteiger partial charge is 0.327 e. The van der Waals surface area contributed by atoms with Crippen molar-refractivity contribution in [3.63, 3.8) is 0 Å². The molecule has 0 aliphatic rings. The summed E-state index contributed by atoms with van der Waals surface area (Å²) < 4.78 is 35.9. The van der Waals surface area contributed by atoms with Gasteiger partial charge in [0, 0.05) is 0 Å². The lowest BCUT2D eigenvalue weighted by Crippen LogP contribution is -2.13. The van der Waals surface area contributed by atoms with Gasteiger partial charge in [0.05, 0.1) is 5.44 Å². The van der Waals surface area contributed by atoms with Gasteiger partial charge in [-0.15, -0.1) is 0 Å². The van der Waals surface area contributed by atoms with Crippen LogP contribution in [0.1, 0.15) is 5.69 Å². The number of nitrogens with zero attached hydrogens (tertiary/aromatic N) is 1. The lowest BCUT2D eigenvalue weighted by molar-refractivity contribution is -0.141. The fourth-order valence-electron chi connectivity index (χ4n) is 0.629. The molecule has 0 saturated carbocycles. The molecule has 1 heterocycles. The molecule has 0 saturated heterocycles. The molecule has 1 aromatic heterocycles. The van der Waals surface area contributed by atoms with E-state index in [1.807, 2.05) is 4.98 Å². The Morgan fingerprint density at radius 2 is 2.08 bits per heavy atom. The quantitative estimate of drug-likeness (QED) is 0.523. The van der Waals surface area contributed by atoms with Crippen molar-refractivity contribution < 1.29 is 13.2 Å². The van der Waals surface area contributed by atoms with E-state index in [1.165, 1.54) is 0 Å². The van der Waals surface area contributed by atoms with Gasteiger partial charge in [0.15, 0.2) is 4.77 Å². The average molecular weight is 212 g/mol. The second-order valence-corrected chi connectivity index (χ2v) is 3.00. The van der Waals surface area contributed by atoms with E-state index in [0.717, 1.165) is 6.07 Å². The molecule has 1 aromatic rings. The fourth-order valence-corrected chi connectivity index (χ4v) is 1.23. The number of H-pyrrole nitrogens is 1. The van der Waals surface area contributed by atoms with Crippen molar-refractivity contribution in [2.45, 2.75) is 6.18 Å². The van der Waals surface area contributed by atoms with Crippen LogP contribution in [-0.2, 0) is 6.18 Å². The first-order chi connectivity index (χ1) is 5.39. The van der Waals surface area contributed by atoms with Crippen molar-refractivity contribution in [2.75, 3.05) is 0 Å². The highest BCUT2D eigenvalue weighted by Gasteiger charge is 2.31. The largest absolute Gasteiger partial charge is 0.431 e. The Bertz CT molecular complexity index is 345. The van der Waals surface area contributed by atoms with Crippen LogP contribution in [-0.4, -0.2) is 9.97 Å². The summed E-state index contributed by atoms with van der Waals surface area (Å²) in [5.41, 5.74) is -0.710. The molecule has 0 fully saturated rings. The van der Waals surface area contributed by atoms with E-state index in [0.29, 0.717) is 0 Å². The van der Waals surface area contributed by atoms with Crippen molar-refractivity contribution in [2.24, 2.45) is 0 Å². The zero-order valence-corrected chi connectivity index (χ0v) is 7.62. The van der Waals surface area contributed by atoms with E-state index >= 15 is 0 Å². The van der Waals surface area contributed by atoms with Crippen LogP contribution in [0.15, 0.2) is 6.07 Å². The molecule has 2 nitrogen and oxygen atoms in total. The minimum atomic E-state index is -4.40. The van der Waals surface area contributed by atoms with Crippen molar-refractivity contribution in [3.05, 3.63) is 16.5 Å². The van der Waals surface area contributed by atoms with Gasteiger partial charge in [-0.2, -0.15) is 13.2 Å². The minimum Gasteiger partial charge on any atom is -0.327 e. The van der Waals surface area contributed by atoms with Crippen LogP contribution in [0, 0.1) is 4.77 Å². The van der Waals surface area contributed by atoms with Gasteiger partial charge >= 0.3 is 6.18 Å². The number of alkyl halides is 3. The SMILES string of the molecule is FC(F)(F)c1cc(P)nc(=S)[nH]1. The monoisotopic (exact) mass is 212 g/mol. The third-order valence-electron chi connectivity index (χ3n) is 1.07. The fraction of sp³-hybridized carbons (Fsp3) is 0.200. The van der Waals surface area contributed by atoms with E-state index in [2.05, 4.69) is 26.4 Å². The Morgan fingerprint density at radius 3 is 2.50 bits per heavy atom. The molecule has 0 aliphatic carbocycles. The van der Waals surface area contributed by atoms with E-state index in [4.69, 9.17) is 0 Å². The maximum Gasteiger partial charge on any atom is 0.431 e. The number of hydrogen-bond acceptors (Lipinski definition) is 2. The summed E-state index contributed by atoms with van der Waals surface area (Å²) in [6.45, 7) is 0. The minimum absolute atomic E-state index is 0.171. The standard InChI is InChI=1S/C5H4F3N2PS/c6-5(7,8)2-1-3(11)10-4(12)9-2/h1H,11H2,(H,9,10,12). The van der Waals surface area contributed by atoms with Gasteiger partial charge in [-0.1, -0.05) is 9.24 Å². The summed E-state index contributed by atoms with van der Waals surface area (Å²) in [6.07, 6.45) is -4.40. The Morgan fingerprint density at radius 1 is 1.50 bits per heavy atom. The van der Waals surface area contributed by atoms with Crippen LogP contribution in [0.2, 0.25) is 0 Å². The highest BCUT2D eigenvalue weighted by molar-refractivity contribution is 7.71. The van der Waals surface area contributed by atoms with Gasteiger partial charge in [0.25, 0.3) is 0 Å². The summed E-state index contributed by atoms with van der Waals surface area (Å²) in [4.78, 5) is 5.52. The second kappa shape index (κ2) is 3.11. The summed E-state index contributed by atoms with van der Waals surface area (Å²) in [7, 11) is 2.06. The highest BCUT2D eigenvalue weighted by atomic mass is 32.1. The predicted molar refractivity (Wildman–Crippen MR) is 43.8 cm³/mol. The molecule has 0 aliphatic heterocycles. The molecule has 1 atom stereocenters. The van der Waals surface area contributed by atoms with Gasteiger partial charge < -0.3 is 4.98 Å². The van der Waals surface area contributed by atoms with Crippen LogP contribution >= 0.6 is 21.5 Å². The number of halogens is 3. The molecular weight excluding hydrogens is 208 g/mol. The topological polar surface area (TPSA) is 28.7 Å². The van der Waals surface area contributed by atoms with Gasteiger partial charge in [-0.25, -0.2) is 4.98 Å². The molecule has 7 heteroatoms. The summed E-state index contributed by atoms with van der Waals surface area (Å²) in [5.74, 6) is 0. The maximum atomic E-state index is 12.0. The third kappa shape index (κ3) is 2.25. The van der Waals surface area contributed by atoms with Crippen molar-refractivity contribution in [1.29, 1.82) is 0 Å². The molecule has 0 bridgehead atoms. The lowest BCUT2D eigenvalue weighted by atomic mass is 10.4. The van der Waals surface area contributed by atoms with E-state index in [-0.39, 0.29) is 10.2 Å². The molecule has 0 spiro atoms. The van der Waals surface area contributed by atoms with Crippen molar-refractivity contribution >= 4 is 26.9 Å². The lowest BCUT2D eigenvalue weighted by Gasteiger charge is -2.05. The number of aromatic nitrogens is 2. The molecular formula is C5H4F3N2PS. The number of rotatable bonds is 0.